The van der Waals surface area contributed by atoms with Crippen LogP contribution in [0.1, 0.15) is 25.5 Å². The summed E-state index contributed by atoms with van der Waals surface area (Å²) in [6.07, 6.45) is 0. The molecule has 2 unspecified atom stereocenters. The second kappa shape index (κ2) is 9.21. The van der Waals surface area contributed by atoms with Crippen LogP contribution in [0.2, 0.25) is 0 Å². The summed E-state index contributed by atoms with van der Waals surface area (Å²) in [4.78, 5) is 17.4. The van der Waals surface area contributed by atoms with Crippen LogP contribution in [0.15, 0.2) is 53.7 Å². The summed E-state index contributed by atoms with van der Waals surface area (Å²) in [7, 11) is 1.67. The molecule has 0 fully saturated rings. The molecule has 3 aromatic rings. The summed E-state index contributed by atoms with van der Waals surface area (Å²) in [6, 6.07) is 13.9. The number of aromatic nitrogens is 2. The Hall–Kier alpha value is -2.38. The standard InChI is InChI=1S/C21H24FN3O2S/c1-14(16-8-10-17(22)11-9-16)23-20(26)15(2)28-21-24-18-6-4-5-7-19(18)25(21)12-13-27-3/h4-11,14-15H,12-13H2,1-3H3,(H,23,26). The molecule has 0 radical (unpaired) electrons. The topological polar surface area (TPSA) is 56.1 Å². The molecule has 3 rings (SSSR count). The molecule has 1 N–H and O–H groups in total. The normalized spacial score (nSPS) is 13.4. The number of hydrogen-bond donors (Lipinski definition) is 1. The van der Waals surface area contributed by atoms with E-state index in [-0.39, 0.29) is 23.0 Å². The molecule has 0 saturated carbocycles. The maximum absolute atomic E-state index is 13.1. The molecule has 2 atom stereocenters. The van der Waals surface area contributed by atoms with Gasteiger partial charge in [-0.3, -0.25) is 4.79 Å². The molecule has 5 nitrogen and oxygen atoms in total. The summed E-state index contributed by atoms with van der Waals surface area (Å²) in [5, 5.41) is 3.44. The number of fused-ring (bicyclic) bond motifs is 1. The Kier molecular flexibility index (Phi) is 6.70. The van der Waals surface area contributed by atoms with E-state index in [0.717, 1.165) is 21.8 Å². The molecule has 0 aliphatic carbocycles. The highest BCUT2D eigenvalue weighted by Gasteiger charge is 2.21. The lowest BCUT2D eigenvalue weighted by atomic mass is 10.1. The number of thioether (sulfide) groups is 1. The highest BCUT2D eigenvalue weighted by Crippen LogP contribution is 2.28. The number of ether oxygens (including phenoxy) is 1. The minimum Gasteiger partial charge on any atom is -0.383 e. The van der Waals surface area contributed by atoms with Gasteiger partial charge in [0.25, 0.3) is 0 Å². The van der Waals surface area contributed by atoms with Crippen LogP contribution in [0.4, 0.5) is 4.39 Å². The van der Waals surface area contributed by atoms with Gasteiger partial charge in [-0.2, -0.15) is 0 Å². The lowest BCUT2D eigenvalue weighted by Gasteiger charge is -2.18. The Morgan fingerprint density at radius 2 is 1.93 bits per heavy atom. The number of para-hydroxylation sites is 2. The summed E-state index contributed by atoms with van der Waals surface area (Å²) in [5.74, 6) is -0.381. The lowest BCUT2D eigenvalue weighted by molar-refractivity contribution is -0.120. The number of amides is 1. The minimum atomic E-state index is -0.332. The molecule has 1 amide bonds. The van der Waals surface area contributed by atoms with Crippen LogP contribution < -0.4 is 5.32 Å². The van der Waals surface area contributed by atoms with E-state index in [0.29, 0.717) is 13.2 Å². The number of rotatable bonds is 8. The van der Waals surface area contributed by atoms with Gasteiger partial charge in [0.1, 0.15) is 5.82 Å². The average molecular weight is 402 g/mol. The van der Waals surface area contributed by atoms with Crippen molar-refractivity contribution in [1.29, 1.82) is 0 Å². The lowest BCUT2D eigenvalue weighted by Crippen LogP contribution is -2.33. The SMILES string of the molecule is COCCn1c(SC(C)C(=O)NC(C)c2ccc(F)cc2)nc2ccccc21. The van der Waals surface area contributed by atoms with E-state index in [2.05, 4.69) is 14.9 Å². The largest absolute Gasteiger partial charge is 0.383 e. The van der Waals surface area contributed by atoms with E-state index in [4.69, 9.17) is 4.74 Å². The Morgan fingerprint density at radius 3 is 2.64 bits per heavy atom. The van der Waals surface area contributed by atoms with Crippen molar-refractivity contribution in [1.82, 2.24) is 14.9 Å². The van der Waals surface area contributed by atoms with Gasteiger partial charge in [-0.15, -0.1) is 0 Å². The second-order valence-electron chi connectivity index (χ2n) is 6.57. The van der Waals surface area contributed by atoms with Gasteiger partial charge in [0.15, 0.2) is 5.16 Å². The monoisotopic (exact) mass is 401 g/mol. The summed E-state index contributed by atoms with van der Waals surface area (Å²) < 4.78 is 20.4. The van der Waals surface area contributed by atoms with E-state index in [1.807, 2.05) is 38.1 Å². The van der Waals surface area contributed by atoms with Gasteiger partial charge >= 0.3 is 0 Å². The van der Waals surface area contributed by atoms with E-state index in [1.54, 1.807) is 19.2 Å². The summed E-state index contributed by atoms with van der Waals surface area (Å²) in [6.45, 7) is 4.98. The van der Waals surface area contributed by atoms with E-state index >= 15 is 0 Å². The molecule has 0 aliphatic rings. The number of imidazole rings is 1. The van der Waals surface area contributed by atoms with Crippen LogP contribution in [0.5, 0.6) is 0 Å². The number of halogens is 1. The number of benzene rings is 2. The first-order valence-electron chi connectivity index (χ1n) is 9.16. The van der Waals surface area contributed by atoms with Crippen LogP contribution >= 0.6 is 11.8 Å². The fraction of sp³-hybridized carbons (Fsp3) is 0.333. The highest BCUT2D eigenvalue weighted by atomic mass is 32.2. The first-order chi connectivity index (χ1) is 13.5. The van der Waals surface area contributed by atoms with Crippen molar-refractivity contribution >= 4 is 28.7 Å². The van der Waals surface area contributed by atoms with Crippen molar-refractivity contribution in [3.63, 3.8) is 0 Å². The third kappa shape index (κ3) is 4.72. The Bertz CT molecular complexity index is 942. The second-order valence-corrected chi connectivity index (χ2v) is 7.88. The van der Waals surface area contributed by atoms with Gasteiger partial charge in [0, 0.05) is 13.7 Å². The maximum Gasteiger partial charge on any atom is 0.233 e. The molecule has 2 aromatic carbocycles. The van der Waals surface area contributed by atoms with Crippen molar-refractivity contribution in [3.8, 4) is 0 Å². The highest BCUT2D eigenvalue weighted by molar-refractivity contribution is 8.00. The number of hydrogen-bond acceptors (Lipinski definition) is 4. The molecule has 0 aliphatic heterocycles. The van der Waals surface area contributed by atoms with Gasteiger partial charge in [0.2, 0.25) is 5.91 Å². The Balaban J connectivity index is 1.72. The fourth-order valence-corrected chi connectivity index (χ4v) is 3.88. The van der Waals surface area contributed by atoms with Gasteiger partial charge < -0.3 is 14.6 Å². The molecule has 0 spiro atoms. The van der Waals surface area contributed by atoms with Crippen molar-refractivity contribution in [2.45, 2.75) is 36.8 Å². The van der Waals surface area contributed by atoms with E-state index < -0.39 is 0 Å². The predicted octanol–water partition coefficient (Wildman–Crippen LogP) is 4.18. The van der Waals surface area contributed by atoms with Gasteiger partial charge in [-0.1, -0.05) is 36.0 Å². The molecule has 1 heterocycles. The molecule has 1 aromatic heterocycles. The van der Waals surface area contributed by atoms with Gasteiger partial charge in [-0.25, -0.2) is 9.37 Å². The number of carbonyl (C=O) groups excluding carboxylic acids is 1. The first-order valence-corrected chi connectivity index (χ1v) is 10.0. The van der Waals surface area contributed by atoms with Crippen LogP contribution in [-0.4, -0.2) is 34.4 Å². The Morgan fingerprint density at radius 1 is 1.21 bits per heavy atom. The Labute approximate surface area is 168 Å². The maximum atomic E-state index is 13.1. The number of nitrogens with one attached hydrogen (secondary N) is 1. The minimum absolute atomic E-state index is 0.0906. The molecule has 7 heteroatoms. The van der Waals surface area contributed by atoms with Crippen LogP contribution in [0.25, 0.3) is 11.0 Å². The molecule has 28 heavy (non-hydrogen) atoms. The van der Waals surface area contributed by atoms with Crippen LogP contribution in [0, 0.1) is 5.82 Å². The van der Waals surface area contributed by atoms with E-state index in [9.17, 15) is 9.18 Å². The predicted molar refractivity (Wildman–Crippen MR) is 110 cm³/mol. The average Bonchev–Trinajstić information content (AvgIpc) is 3.03. The smallest absolute Gasteiger partial charge is 0.233 e. The third-order valence-electron chi connectivity index (χ3n) is 4.52. The number of methoxy groups -OCH3 is 1. The van der Waals surface area contributed by atoms with Gasteiger partial charge in [-0.05, 0) is 43.7 Å². The number of nitrogens with zero attached hydrogens (tertiary/aromatic N) is 2. The fourth-order valence-electron chi connectivity index (χ4n) is 2.92. The van der Waals surface area contributed by atoms with Crippen molar-refractivity contribution < 1.29 is 13.9 Å². The zero-order valence-corrected chi connectivity index (χ0v) is 17.0. The van der Waals surface area contributed by atoms with Crippen LogP contribution in [-0.2, 0) is 16.1 Å². The van der Waals surface area contributed by atoms with Crippen molar-refractivity contribution in [2.24, 2.45) is 0 Å². The summed E-state index contributed by atoms with van der Waals surface area (Å²) in [5.41, 5.74) is 2.78. The number of carbonyl (C=O) groups is 1. The first kappa shape index (κ1) is 20.4. The third-order valence-corrected chi connectivity index (χ3v) is 5.61. The summed E-state index contributed by atoms with van der Waals surface area (Å²) >= 11 is 1.42. The molecule has 0 bridgehead atoms. The van der Waals surface area contributed by atoms with E-state index in [1.165, 1.54) is 23.9 Å². The molecular weight excluding hydrogens is 377 g/mol. The zero-order chi connectivity index (χ0) is 20.1. The quantitative estimate of drug-likeness (QED) is 0.576. The molecule has 0 saturated heterocycles. The molecule has 148 valence electrons. The molecular formula is C21H24FN3O2S. The van der Waals surface area contributed by atoms with Crippen molar-refractivity contribution in [2.75, 3.05) is 13.7 Å². The van der Waals surface area contributed by atoms with Crippen LogP contribution in [0.3, 0.4) is 0 Å². The van der Waals surface area contributed by atoms with Crippen molar-refractivity contribution in [3.05, 3.63) is 59.9 Å². The zero-order valence-electron chi connectivity index (χ0n) is 16.2. The van der Waals surface area contributed by atoms with Gasteiger partial charge in [0.05, 0.1) is 28.9 Å².